The molecule has 7 heteroatoms. The second-order valence-corrected chi connectivity index (χ2v) is 8.75. The van der Waals surface area contributed by atoms with E-state index in [1.165, 1.54) is 6.07 Å². The minimum absolute atomic E-state index is 0.198. The van der Waals surface area contributed by atoms with Gasteiger partial charge in [0.2, 0.25) is 0 Å². The van der Waals surface area contributed by atoms with Crippen molar-refractivity contribution in [3.63, 3.8) is 0 Å². The van der Waals surface area contributed by atoms with Crippen LogP contribution in [0.2, 0.25) is 0 Å². The van der Waals surface area contributed by atoms with Crippen LogP contribution in [0, 0.1) is 6.92 Å². The summed E-state index contributed by atoms with van der Waals surface area (Å²) in [6, 6.07) is 10.8. The first-order chi connectivity index (χ1) is 15.3. The third kappa shape index (κ3) is 3.60. The van der Waals surface area contributed by atoms with Crippen molar-refractivity contribution in [1.29, 1.82) is 0 Å². The molecule has 0 bridgehead atoms. The number of benzene rings is 2. The Kier molecular flexibility index (Phi) is 4.69. The number of aryl methyl sites for hydroxylation is 2. The van der Waals surface area contributed by atoms with Crippen molar-refractivity contribution in [2.24, 2.45) is 0 Å². The fourth-order valence-corrected chi connectivity index (χ4v) is 4.26. The number of hydrogen-bond acceptors (Lipinski definition) is 5. The second kappa shape index (κ2) is 7.44. The minimum atomic E-state index is -0.420. The van der Waals surface area contributed by atoms with E-state index in [1.807, 2.05) is 51.2 Å². The van der Waals surface area contributed by atoms with Gasteiger partial charge in [-0.05, 0) is 57.4 Å². The van der Waals surface area contributed by atoms with Crippen LogP contribution in [0.5, 0.6) is 11.5 Å². The highest BCUT2D eigenvalue weighted by atomic mass is 16.5. The highest BCUT2D eigenvalue weighted by Crippen LogP contribution is 2.42. The summed E-state index contributed by atoms with van der Waals surface area (Å²) in [5.41, 5.74) is 2.95. The predicted molar refractivity (Wildman–Crippen MR) is 123 cm³/mol. The molecule has 5 rings (SSSR count). The molecule has 164 valence electrons. The number of hydrogen-bond donors (Lipinski definition) is 2. The van der Waals surface area contributed by atoms with Gasteiger partial charge in [0.25, 0.3) is 5.91 Å². The van der Waals surface area contributed by atoms with Crippen LogP contribution in [-0.4, -0.2) is 23.1 Å². The van der Waals surface area contributed by atoms with Gasteiger partial charge in [-0.2, -0.15) is 0 Å². The average Bonchev–Trinajstić information content (AvgIpc) is 3.20. The largest absolute Gasteiger partial charge is 0.487 e. The number of amides is 1. The van der Waals surface area contributed by atoms with Crippen LogP contribution in [0.25, 0.3) is 21.9 Å². The van der Waals surface area contributed by atoms with Gasteiger partial charge in [0, 0.05) is 34.8 Å². The fraction of sp³-hybridized carbons (Fsp3) is 0.280. The second-order valence-electron chi connectivity index (χ2n) is 8.75. The number of nitrogens with one attached hydrogen (secondary N) is 2. The molecule has 0 unspecified atom stereocenters. The highest BCUT2D eigenvalue weighted by molar-refractivity contribution is 6.02. The monoisotopic (exact) mass is 432 g/mol. The van der Waals surface area contributed by atoms with Gasteiger partial charge in [-0.25, -0.2) is 4.79 Å². The number of carbonyl (C=O) groups excluding carboxylic acids is 1. The third-order valence-corrected chi connectivity index (χ3v) is 5.83. The summed E-state index contributed by atoms with van der Waals surface area (Å²) in [5.74, 6) is 0.781. The molecule has 0 aliphatic carbocycles. The summed E-state index contributed by atoms with van der Waals surface area (Å²) in [6.07, 6.45) is 3.36. The van der Waals surface area contributed by atoms with Gasteiger partial charge < -0.3 is 24.2 Å². The van der Waals surface area contributed by atoms with E-state index < -0.39 is 5.63 Å². The van der Waals surface area contributed by atoms with E-state index in [4.69, 9.17) is 13.9 Å². The maximum Gasteiger partial charge on any atom is 0.336 e. The molecule has 0 spiro atoms. The van der Waals surface area contributed by atoms with E-state index in [9.17, 15) is 9.59 Å². The van der Waals surface area contributed by atoms with Gasteiger partial charge in [-0.3, -0.25) is 4.79 Å². The Morgan fingerprint density at radius 1 is 1.25 bits per heavy atom. The number of anilines is 1. The molecule has 7 nitrogen and oxygen atoms in total. The number of carbonyl (C=O) groups is 1. The van der Waals surface area contributed by atoms with Crippen molar-refractivity contribution in [3.8, 4) is 11.5 Å². The average molecular weight is 432 g/mol. The third-order valence-electron chi connectivity index (χ3n) is 5.83. The first kappa shape index (κ1) is 20.2. The van der Waals surface area contributed by atoms with Crippen molar-refractivity contribution in [2.45, 2.75) is 39.2 Å². The maximum atomic E-state index is 12.7. The normalized spacial score (nSPS) is 14.7. The molecule has 0 atom stereocenters. The summed E-state index contributed by atoms with van der Waals surface area (Å²) in [4.78, 5) is 27.9. The Hall–Kier alpha value is -3.74. The summed E-state index contributed by atoms with van der Waals surface area (Å²) in [6.45, 7) is 5.67. The minimum Gasteiger partial charge on any atom is -0.487 e. The fourth-order valence-electron chi connectivity index (χ4n) is 4.26. The molecule has 1 amide bonds. The van der Waals surface area contributed by atoms with Crippen molar-refractivity contribution < 1.29 is 18.7 Å². The molecule has 1 aliphatic rings. The molecule has 0 fully saturated rings. The summed E-state index contributed by atoms with van der Waals surface area (Å²) in [7, 11) is 0. The first-order valence-corrected chi connectivity index (χ1v) is 10.6. The SMILES string of the molecule is Cc1cc(=O)oc2c3c(cc(OCC(=O)Nc4cccc5[nH]ccc45)c12)OC(C)(C)CC3. The quantitative estimate of drug-likeness (QED) is 0.456. The number of H-pyrrole nitrogens is 1. The van der Waals surface area contributed by atoms with Crippen molar-refractivity contribution in [1.82, 2.24) is 4.98 Å². The zero-order valence-electron chi connectivity index (χ0n) is 18.2. The lowest BCUT2D eigenvalue weighted by atomic mass is 9.92. The van der Waals surface area contributed by atoms with Crippen LogP contribution in [0.1, 0.15) is 31.4 Å². The molecular weight excluding hydrogens is 408 g/mol. The lowest BCUT2D eigenvalue weighted by molar-refractivity contribution is -0.118. The number of aromatic amines is 1. The van der Waals surface area contributed by atoms with E-state index in [0.29, 0.717) is 28.2 Å². The van der Waals surface area contributed by atoms with Crippen LogP contribution in [0.4, 0.5) is 5.69 Å². The van der Waals surface area contributed by atoms with Gasteiger partial charge in [0.1, 0.15) is 22.7 Å². The van der Waals surface area contributed by atoms with Gasteiger partial charge >= 0.3 is 5.63 Å². The molecular formula is C25H24N2O5. The zero-order chi connectivity index (χ0) is 22.5. The van der Waals surface area contributed by atoms with Crippen LogP contribution >= 0.6 is 0 Å². The molecule has 2 N–H and O–H groups in total. The molecule has 4 aromatic rings. The molecule has 1 aliphatic heterocycles. The molecule has 0 saturated heterocycles. The molecule has 0 radical (unpaired) electrons. The summed E-state index contributed by atoms with van der Waals surface area (Å²) < 4.78 is 17.7. The van der Waals surface area contributed by atoms with E-state index >= 15 is 0 Å². The van der Waals surface area contributed by atoms with Gasteiger partial charge in [0.15, 0.2) is 6.61 Å². The van der Waals surface area contributed by atoms with Crippen molar-refractivity contribution in [2.75, 3.05) is 11.9 Å². The molecule has 2 aromatic carbocycles. The molecule has 32 heavy (non-hydrogen) atoms. The van der Waals surface area contributed by atoms with E-state index in [1.54, 1.807) is 6.07 Å². The van der Waals surface area contributed by atoms with E-state index in [-0.39, 0.29) is 18.1 Å². The summed E-state index contributed by atoms with van der Waals surface area (Å²) in [5, 5.41) is 4.51. The lowest BCUT2D eigenvalue weighted by Gasteiger charge is -2.33. The number of rotatable bonds is 4. The summed E-state index contributed by atoms with van der Waals surface area (Å²) >= 11 is 0. The van der Waals surface area contributed by atoms with Crippen molar-refractivity contribution in [3.05, 3.63) is 64.1 Å². The van der Waals surface area contributed by atoms with Gasteiger partial charge in [0.05, 0.1) is 11.1 Å². The van der Waals surface area contributed by atoms with Crippen molar-refractivity contribution >= 4 is 33.5 Å². The first-order valence-electron chi connectivity index (χ1n) is 10.6. The number of fused-ring (bicyclic) bond motifs is 4. The zero-order valence-corrected chi connectivity index (χ0v) is 18.2. The van der Waals surface area contributed by atoms with Crippen LogP contribution < -0.4 is 20.4 Å². The van der Waals surface area contributed by atoms with E-state index in [2.05, 4.69) is 10.3 Å². The van der Waals surface area contributed by atoms with Crippen LogP contribution in [0.15, 0.2) is 51.8 Å². The maximum absolute atomic E-state index is 12.7. The topological polar surface area (TPSA) is 93.6 Å². The Labute approximate surface area is 184 Å². The van der Waals surface area contributed by atoms with E-state index in [0.717, 1.165) is 34.9 Å². The van der Waals surface area contributed by atoms with Crippen LogP contribution in [0.3, 0.4) is 0 Å². The number of ether oxygens (including phenoxy) is 2. The Morgan fingerprint density at radius 3 is 2.94 bits per heavy atom. The smallest absolute Gasteiger partial charge is 0.336 e. The Morgan fingerprint density at radius 2 is 2.09 bits per heavy atom. The molecule has 3 heterocycles. The standard InChI is InChI=1S/C25H24N2O5/c1-14-11-22(29)31-24-16-7-9-25(2,3)32-19(16)12-20(23(14)24)30-13-21(28)27-18-6-4-5-17-15(18)8-10-26-17/h4-6,8,10-12,26H,7,9,13H2,1-3H3,(H,27,28). The van der Waals surface area contributed by atoms with Gasteiger partial charge in [-0.1, -0.05) is 6.07 Å². The highest BCUT2D eigenvalue weighted by Gasteiger charge is 2.30. The van der Waals surface area contributed by atoms with Crippen LogP contribution in [-0.2, 0) is 11.2 Å². The predicted octanol–water partition coefficient (Wildman–Crippen LogP) is 4.70. The van der Waals surface area contributed by atoms with Gasteiger partial charge in [-0.15, -0.1) is 0 Å². The Balaban J connectivity index is 1.47. The number of aromatic nitrogens is 1. The Bertz CT molecular complexity index is 1410. The molecule has 0 saturated carbocycles. The molecule has 2 aromatic heterocycles. The lowest BCUT2D eigenvalue weighted by Crippen LogP contribution is -2.32.